The van der Waals surface area contributed by atoms with Crippen LogP contribution in [-0.4, -0.2) is 58.2 Å². The summed E-state index contributed by atoms with van der Waals surface area (Å²) in [6.07, 6.45) is -0.905. The van der Waals surface area contributed by atoms with Crippen LogP contribution in [-0.2, 0) is 12.6 Å². The first-order chi connectivity index (χ1) is 15.8. The zero-order valence-corrected chi connectivity index (χ0v) is 18.8. The molecule has 0 bridgehead atoms. The van der Waals surface area contributed by atoms with E-state index in [2.05, 4.69) is 0 Å². The van der Waals surface area contributed by atoms with Crippen molar-refractivity contribution in [2.75, 3.05) is 19.7 Å². The van der Waals surface area contributed by atoms with Gasteiger partial charge < -0.3 is 15.3 Å². The van der Waals surface area contributed by atoms with Crippen LogP contribution in [0.1, 0.15) is 49.7 Å². The van der Waals surface area contributed by atoms with Crippen molar-refractivity contribution in [2.45, 2.75) is 69.4 Å². The van der Waals surface area contributed by atoms with Crippen LogP contribution in [0.25, 0.3) is 11.1 Å². The van der Waals surface area contributed by atoms with Crippen LogP contribution in [0, 0.1) is 0 Å². The molecule has 4 nitrogen and oxygen atoms in total. The molecule has 182 valence electrons. The fourth-order valence-corrected chi connectivity index (χ4v) is 4.59. The monoisotopic (exact) mass is 465 g/mol. The van der Waals surface area contributed by atoms with Crippen molar-refractivity contribution in [3.8, 4) is 11.1 Å². The minimum Gasteiger partial charge on any atom is -0.395 e. The van der Waals surface area contributed by atoms with Gasteiger partial charge in [-0.2, -0.15) is 13.2 Å². The molecule has 1 aliphatic rings. The van der Waals surface area contributed by atoms with Crippen molar-refractivity contribution in [1.29, 1.82) is 0 Å². The summed E-state index contributed by atoms with van der Waals surface area (Å²) in [4.78, 5) is 2.02. The molecule has 1 heterocycles. The number of benzene rings is 2. The Kier molecular flexibility index (Phi) is 9.32. The minimum atomic E-state index is -4.38. The average molecular weight is 466 g/mol. The summed E-state index contributed by atoms with van der Waals surface area (Å²) in [5.74, 6) is 0. The number of alkyl halides is 3. The molecule has 3 N–H and O–H groups in total. The van der Waals surface area contributed by atoms with E-state index in [1.165, 1.54) is 6.07 Å². The van der Waals surface area contributed by atoms with Gasteiger partial charge in [-0.15, -0.1) is 0 Å². The van der Waals surface area contributed by atoms with Crippen LogP contribution in [0.2, 0.25) is 0 Å². The van der Waals surface area contributed by atoms with Gasteiger partial charge >= 0.3 is 6.18 Å². The molecular weight excluding hydrogens is 431 g/mol. The van der Waals surface area contributed by atoms with E-state index in [1.807, 2.05) is 35.2 Å². The van der Waals surface area contributed by atoms with E-state index in [9.17, 15) is 28.5 Å². The van der Waals surface area contributed by atoms with Crippen molar-refractivity contribution in [3.63, 3.8) is 0 Å². The summed E-state index contributed by atoms with van der Waals surface area (Å²) in [5.41, 5.74) is 1.13. The highest BCUT2D eigenvalue weighted by Crippen LogP contribution is 2.35. The van der Waals surface area contributed by atoms with Crippen LogP contribution < -0.4 is 0 Å². The average Bonchev–Trinajstić information content (AvgIpc) is 2.80. The van der Waals surface area contributed by atoms with Gasteiger partial charge in [0.05, 0.1) is 24.4 Å². The number of nitrogens with zero attached hydrogens (tertiary/aromatic N) is 1. The van der Waals surface area contributed by atoms with E-state index < -0.39 is 23.9 Å². The quantitative estimate of drug-likeness (QED) is 0.447. The number of rotatable bonds is 10. The summed E-state index contributed by atoms with van der Waals surface area (Å²) >= 11 is 0. The van der Waals surface area contributed by atoms with Crippen LogP contribution >= 0.6 is 0 Å². The van der Waals surface area contributed by atoms with E-state index in [0.717, 1.165) is 37.8 Å². The SMILES string of the molecule is OC[C@H]1CC(O)[C@@H](O)CN1CCCCCCCc1ccc(-c2ccccc2)cc1C(F)(F)F. The number of hydrogen-bond acceptors (Lipinski definition) is 4. The molecule has 3 atom stereocenters. The van der Waals surface area contributed by atoms with E-state index >= 15 is 0 Å². The molecule has 0 aliphatic carbocycles. The zero-order chi connectivity index (χ0) is 23.8. The van der Waals surface area contributed by atoms with Crippen molar-refractivity contribution in [1.82, 2.24) is 4.90 Å². The number of piperidine rings is 1. The molecule has 33 heavy (non-hydrogen) atoms. The van der Waals surface area contributed by atoms with Gasteiger partial charge in [0.1, 0.15) is 0 Å². The highest BCUT2D eigenvalue weighted by Gasteiger charge is 2.34. The Morgan fingerprint density at radius 2 is 1.55 bits per heavy atom. The molecule has 3 rings (SSSR count). The second-order valence-electron chi connectivity index (χ2n) is 8.96. The molecule has 0 saturated carbocycles. The van der Waals surface area contributed by atoms with Crippen LogP contribution in [0.3, 0.4) is 0 Å². The maximum atomic E-state index is 13.7. The summed E-state index contributed by atoms with van der Waals surface area (Å²) in [6.45, 7) is 1.04. The summed E-state index contributed by atoms with van der Waals surface area (Å²) in [6, 6.07) is 13.6. The molecule has 0 aromatic heterocycles. The maximum absolute atomic E-state index is 13.7. The Balaban J connectivity index is 1.45. The second kappa shape index (κ2) is 12.0. The van der Waals surface area contributed by atoms with Gasteiger partial charge in [-0.25, -0.2) is 0 Å². The molecule has 1 aliphatic heterocycles. The molecule has 0 amide bonds. The number of aliphatic hydroxyl groups excluding tert-OH is 3. The van der Waals surface area contributed by atoms with E-state index in [1.54, 1.807) is 12.1 Å². The fourth-order valence-electron chi connectivity index (χ4n) is 4.59. The van der Waals surface area contributed by atoms with Gasteiger partial charge in [0.15, 0.2) is 0 Å². The summed E-state index contributed by atoms with van der Waals surface area (Å²) in [5, 5.41) is 29.1. The van der Waals surface area contributed by atoms with Crippen molar-refractivity contribution in [3.05, 3.63) is 59.7 Å². The normalized spacial score (nSPS) is 21.9. The lowest BCUT2D eigenvalue weighted by Crippen LogP contribution is -2.53. The zero-order valence-electron chi connectivity index (χ0n) is 18.8. The fraction of sp³-hybridized carbons (Fsp3) is 0.538. The molecule has 2 aromatic rings. The van der Waals surface area contributed by atoms with E-state index in [4.69, 9.17) is 0 Å². The molecule has 0 spiro atoms. The number of unbranched alkanes of at least 4 members (excludes halogenated alkanes) is 4. The summed E-state index contributed by atoms with van der Waals surface area (Å²) in [7, 11) is 0. The molecule has 1 fully saturated rings. The standard InChI is InChI=1S/C26H34F3NO3/c27-26(28,29)23-15-21(19-9-6-4-7-10-19)13-12-20(23)11-5-2-1-3-8-14-30-17-25(33)24(32)16-22(30)18-31/h4,6-7,9-10,12-13,15,22,24-25,31-33H,1-3,5,8,11,14,16-18H2/t22-,24?,25+/m1/s1. The van der Waals surface area contributed by atoms with Crippen molar-refractivity contribution < 1.29 is 28.5 Å². The highest BCUT2D eigenvalue weighted by molar-refractivity contribution is 5.65. The molecular formula is C26H34F3NO3. The number of β-amino-alcohol motifs (C(OH)–C–C–N with tert-alkyl or cyclic N) is 1. The van der Waals surface area contributed by atoms with E-state index in [-0.39, 0.29) is 12.6 Å². The first kappa shape index (κ1) is 25.7. The van der Waals surface area contributed by atoms with Gasteiger partial charge in [0.25, 0.3) is 0 Å². The number of halogens is 3. The molecule has 1 unspecified atom stereocenters. The molecule has 0 radical (unpaired) electrons. The lowest BCUT2D eigenvalue weighted by molar-refractivity contribution is -0.138. The third kappa shape index (κ3) is 7.27. The first-order valence-electron chi connectivity index (χ1n) is 11.8. The third-order valence-corrected chi connectivity index (χ3v) is 6.52. The van der Waals surface area contributed by atoms with Gasteiger partial charge in [0, 0.05) is 12.6 Å². The number of hydrogen-bond donors (Lipinski definition) is 3. The largest absolute Gasteiger partial charge is 0.416 e. The predicted octanol–water partition coefficient (Wildman–Crippen LogP) is 4.65. The van der Waals surface area contributed by atoms with Gasteiger partial charge in [-0.3, -0.25) is 4.90 Å². The first-order valence-corrected chi connectivity index (χ1v) is 11.8. The Morgan fingerprint density at radius 3 is 2.24 bits per heavy atom. The van der Waals surface area contributed by atoms with Crippen LogP contribution in [0.4, 0.5) is 13.2 Å². The number of aryl methyl sites for hydroxylation is 1. The second-order valence-corrected chi connectivity index (χ2v) is 8.96. The third-order valence-electron chi connectivity index (χ3n) is 6.52. The van der Waals surface area contributed by atoms with Crippen molar-refractivity contribution in [2.24, 2.45) is 0 Å². The topological polar surface area (TPSA) is 63.9 Å². The molecule has 7 heteroatoms. The lowest BCUT2D eigenvalue weighted by atomic mass is 9.95. The maximum Gasteiger partial charge on any atom is 0.416 e. The minimum absolute atomic E-state index is 0.0472. The van der Waals surface area contributed by atoms with Gasteiger partial charge in [-0.1, -0.05) is 61.7 Å². The Bertz CT molecular complexity index is 860. The van der Waals surface area contributed by atoms with Crippen LogP contribution in [0.15, 0.2) is 48.5 Å². The predicted molar refractivity (Wildman–Crippen MR) is 123 cm³/mol. The molecule has 2 aromatic carbocycles. The Labute approximate surface area is 193 Å². The van der Waals surface area contributed by atoms with Crippen LogP contribution in [0.5, 0.6) is 0 Å². The summed E-state index contributed by atoms with van der Waals surface area (Å²) < 4.78 is 41.0. The van der Waals surface area contributed by atoms with E-state index in [0.29, 0.717) is 36.9 Å². The Hall–Kier alpha value is -1.93. The lowest BCUT2D eigenvalue weighted by Gasteiger charge is -2.39. The van der Waals surface area contributed by atoms with Crippen molar-refractivity contribution >= 4 is 0 Å². The van der Waals surface area contributed by atoms with Gasteiger partial charge in [0.2, 0.25) is 0 Å². The Morgan fingerprint density at radius 1 is 0.848 bits per heavy atom. The number of aliphatic hydroxyl groups is 3. The van der Waals surface area contributed by atoms with Gasteiger partial charge in [-0.05, 0) is 55.0 Å². The smallest absolute Gasteiger partial charge is 0.395 e. The molecule has 1 saturated heterocycles. The number of likely N-dealkylation sites (tertiary alicyclic amines) is 1. The highest BCUT2D eigenvalue weighted by atomic mass is 19.4.